The van der Waals surface area contributed by atoms with Gasteiger partial charge in [0.2, 0.25) is 0 Å². The molecule has 8 aromatic rings. The molecule has 3 heteroatoms. The van der Waals surface area contributed by atoms with E-state index >= 15 is 0 Å². The molecule has 0 aliphatic heterocycles. The van der Waals surface area contributed by atoms with Crippen molar-refractivity contribution in [3.05, 3.63) is 211 Å². The topological polar surface area (TPSA) is 15.7 Å². The summed E-state index contributed by atoms with van der Waals surface area (Å²) < 4.78 is 5.57. The molecule has 0 spiro atoms. The monoisotopic (exact) mass is 724 g/mol. The second-order valence-corrected chi connectivity index (χ2v) is 15.1. The van der Waals surface area contributed by atoms with Crippen molar-refractivity contribution < 1.29 is 4.74 Å². The lowest BCUT2D eigenvalue weighted by molar-refractivity contribution is 0.415. The normalized spacial score (nSPS) is 12.4. The molecule has 0 saturated carbocycles. The van der Waals surface area contributed by atoms with Crippen molar-refractivity contribution in [2.24, 2.45) is 0 Å². The molecule has 0 N–H and O–H groups in total. The van der Waals surface area contributed by atoms with Gasteiger partial charge in [0.1, 0.15) is 5.75 Å². The van der Waals surface area contributed by atoms with Crippen LogP contribution in [-0.2, 0) is 5.41 Å². The van der Waals surface area contributed by atoms with E-state index in [-0.39, 0.29) is 5.41 Å². The Labute approximate surface area is 330 Å². The molecule has 9 rings (SSSR count). The number of methoxy groups -OCH3 is 1. The fourth-order valence-electron chi connectivity index (χ4n) is 8.27. The Morgan fingerprint density at radius 3 is 1.25 bits per heavy atom. The molecule has 0 heterocycles. The Morgan fingerprint density at radius 1 is 0.375 bits per heavy atom. The van der Waals surface area contributed by atoms with Crippen molar-refractivity contribution in [2.75, 3.05) is 16.9 Å². The molecular formula is C53H44N2O. The molecule has 8 aromatic carbocycles. The first kappa shape index (κ1) is 34.9. The summed E-state index contributed by atoms with van der Waals surface area (Å²) in [6.07, 6.45) is 0. The van der Waals surface area contributed by atoms with Gasteiger partial charge in [-0.15, -0.1) is 0 Å². The maximum absolute atomic E-state index is 5.57. The predicted molar refractivity (Wildman–Crippen MR) is 236 cm³/mol. The van der Waals surface area contributed by atoms with E-state index in [1.807, 2.05) is 12.1 Å². The number of rotatable bonds is 9. The number of anilines is 6. The minimum atomic E-state index is -0.150. The maximum atomic E-state index is 5.57. The molecule has 0 atom stereocenters. The standard InChI is InChI=1S/C53H44N2O/c1-37-13-11-18-46(33-37)54(42-14-7-5-8-15-42)44-27-21-38(22-28-44)40-25-31-49-50-32-26-41(35-52(50)53(2,3)51(49)34-40)39-23-29-45(30-24-39)55(43-16-9-6-10-17-43)47-19-12-20-48(36-47)56-4/h5-36H,1-4H3. The number of benzene rings is 8. The third kappa shape index (κ3) is 6.41. The molecule has 56 heavy (non-hydrogen) atoms. The first-order valence-corrected chi connectivity index (χ1v) is 19.3. The highest BCUT2D eigenvalue weighted by Gasteiger charge is 2.36. The molecule has 272 valence electrons. The number of ether oxygens (including phenoxy) is 1. The smallest absolute Gasteiger partial charge is 0.120 e. The molecule has 0 unspecified atom stereocenters. The fourth-order valence-corrected chi connectivity index (χ4v) is 8.27. The van der Waals surface area contributed by atoms with Crippen LogP contribution in [0.2, 0.25) is 0 Å². The van der Waals surface area contributed by atoms with E-state index in [4.69, 9.17) is 4.74 Å². The average Bonchev–Trinajstić information content (AvgIpc) is 3.47. The van der Waals surface area contributed by atoms with Crippen LogP contribution < -0.4 is 14.5 Å². The molecule has 1 aliphatic carbocycles. The van der Waals surface area contributed by atoms with Crippen LogP contribution >= 0.6 is 0 Å². The lowest BCUT2D eigenvalue weighted by Gasteiger charge is -2.26. The summed E-state index contributed by atoms with van der Waals surface area (Å²) >= 11 is 0. The van der Waals surface area contributed by atoms with Crippen LogP contribution in [-0.4, -0.2) is 7.11 Å². The van der Waals surface area contributed by atoms with Gasteiger partial charge in [0.15, 0.2) is 0 Å². The summed E-state index contributed by atoms with van der Waals surface area (Å²) in [6.45, 7) is 6.87. The van der Waals surface area contributed by atoms with E-state index < -0.39 is 0 Å². The highest BCUT2D eigenvalue weighted by molar-refractivity contribution is 5.87. The summed E-state index contributed by atoms with van der Waals surface area (Å²) in [5.41, 5.74) is 18.0. The minimum absolute atomic E-state index is 0.150. The van der Waals surface area contributed by atoms with Crippen LogP contribution in [0.4, 0.5) is 34.1 Å². The Bertz CT molecular complexity index is 2650. The highest BCUT2D eigenvalue weighted by atomic mass is 16.5. The Hall–Kier alpha value is -6.84. The molecular weight excluding hydrogens is 681 g/mol. The maximum Gasteiger partial charge on any atom is 0.120 e. The number of fused-ring (bicyclic) bond motifs is 3. The Kier molecular flexibility index (Phi) is 8.99. The van der Waals surface area contributed by atoms with Gasteiger partial charge in [-0.3, -0.25) is 0 Å². The van der Waals surface area contributed by atoms with Gasteiger partial charge in [0, 0.05) is 45.6 Å². The first-order valence-electron chi connectivity index (χ1n) is 19.3. The van der Waals surface area contributed by atoms with E-state index in [2.05, 4.69) is 213 Å². The first-order chi connectivity index (χ1) is 27.4. The van der Waals surface area contributed by atoms with Gasteiger partial charge in [-0.05, 0) is 142 Å². The number of aryl methyl sites for hydroxylation is 1. The van der Waals surface area contributed by atoms with Crippen LogP contribution in [0.1, 0.15) is 30.5 Å². The van der Waals surface area contributed by atoms with Gasteiger partial charge < -0.3 is 14.5 Å². The zero-order chi connectivity index (χ0) is 38.2. The van der Waals surface area contributed by atoms with Crippen molar-refractivity contribution in [3.8, 4) is 39.1 Å². The highest BCUT2D eigenvalue weighted by Crippen LogP contribution is 2.51. The van der Waals surface area contributed by atoms with Crippen molar-refractivity contribution in [3.63, 3.8) is 0 Å². The Balaban J connectivity index is 1.00. The molecule has 1 aliphatic rings. The van der Waals surface area contributed by atoms with Crippen LogP contribution in [0.15, 0.2) is 194 Å². The predicted octanol–water partition coefficient (Wildman–Crippen LogP) is 14.6. The molecule has 0 fully saturated rings. The summed E-state index contributed by atoms with van der Waals surface area (Å²) in [7, 11) is 1.71. The molecule has 0 bridgehead atoms. The van der Waals surface area contributed by atoms with Crippen LogP contribution in [0.3, 0.4) is 0 Å². The molecule has 0 saturated heterocycles. The van der Waals surface area contributed by atoms with Gasteiger partial charge >= 0.3 is 0 Å². The third-order valence-electron chi connectivity index (χ3n) is 11.2. The fraction of sp³-hybridized carbons (Fsp3) is 0.0943. The van der Waals surface area contributed by atoms with E-state index in [1.165, 1.54) is 50.1 Å². The van der Waals surface area contributed by atoms with Gasteiger partial charge in [0.05, 0.1) is 7.11 Å². The van der Waals surface area contributed by atoms with Crippen LogP contribution in [0.25, 0.3) is 33.4 Å². The van der Waals surface area contributed by atoms with E-state index in [1.54, 1.807) is 7.11 Å². The quantitative estimate of drug-likeness (QED) is 0.147. The SMILES string of the molecule is COc1cccc(N(c2ccccc2)c2ccc(-c3ccc4c(c3)C(C)(C)c3cc(-c5ccc(N(c6ccccc6)c6cccc(C)c6)cc5)ccc3-4)cc2)c1. The lowest BCUT2D eigenvalue weighted by Crippen LogP contribution is -2.15. The minimum Gasteiger partial charge on any atom is -0.497 e. The third-order valence-corrected chi connectivity index (χ3v) is 11.2. The van der Waals surface area contributed by atoms with E-state index in [0.29, 0.717) is 0 Å². The van der Waals surface area contributed by atoms with E-state index in [9.17, 15) is 0 Å². The Morgan fingerprint density at radius 2 is 0.786 bits per heavy atom. The average molecular weight is 725 g/mol. The zero-order valence-electron chi connectivity index (χ0n) is 32.3. The van der Waals surface area contributed by atoms with E-state index in [0.717, 1.165) is 39.9 Å². The second kappa shape index (κ2) is 14.4. The van der Waals surface area contributed by atoms with Gasteiger partial charge in [-0.2, -0.15) is 0 Å². The van der Waals surface area contributed by atoms with Gasteiger partial charge in [-0.25, -0.2) is 0 Å². The van der Waals surface area contributed by atoms with Crippen LogP contribution in [0, 0.1) is 6.92 Å². The molecule has 3 nitrogen and oxygen atoms in total. The van der Waals surface area contributed by atoms with Crippen molar-refractivity contribution in [1.29, 1.82) is 0 Å². The van der Waals surface area contributed by atoms with Gasteiger partial charge in [-0.1, -0.05) is 117 Å². The summed E-state index contributed by atoms with van der Waals surface area (Å²) in [6, 6.07) is 69.9. The van der Waals surface area contributed by atoms with Crippen molar-refractivity contribution in [1.82, 2.24) is 0 Å². The largest absolute Gasteiger partial charge is 0.497 e. The van der Waals surface area contributed by atoms with Crippen molar-refractivity contribution >= 4 is 34.1 Å². The second-order valence-electron chi connectivity index (χ2n) is 15.1. The number of nitrogens with zero attached hydrogens (tertiary/aromatic N) is 2. The summed E-state index contributed by atoms with van der Waals surface area (Å²) in [5.74, 6) is 0.830. The van der Waals surface area contributed by atoms with Crippen molar-refractivity contribution in [2.45, 2.75) is 26.2 Å². The summed E-state index contributed by atoms with van der Waals surface area (Å²) in [5, 5.41) is 0. The molecule has 0 radical (unpaired) electrons. The zero-order valence-corrected chi connectivity index (χ0v) is 32.3. The number of hydrogen-bond acceptors (Lipinski definition) is 3. The summed E-state index contributed by atoms with van der Waals surface area (Å²) in [4.78, 5) is 4.59. The molecule has 0 aromatic heterocycles. The van der Waals surface area contributed by atoms with Crippen LogP contribution in [0.5, 0.6) is 5.75 Å². The number of para-hydroxylation sites is 2. The number of hydrogen-bond donors (Lipinski definition) is 0. The van der Waals surface area contributed by atoms with Gasteiger partial charge in [0.25, 0.3) is 0 Å². The lowest BCUT2D eigenvalue weighted by atomic mass is 9.81. The molecule has 0 amide bonds.